The molecule has 1 aromatic heterocycles. The van der Waals surface area contributed by atoms with E-state index in [2.05, 4.69) is 37.0 Å². The van der Waals surface area contributed by atoms with E-state index in [4.69, 9.17) is 4.52 Å². The molecule has 5 heteroatoms. The van der Waals surface area contributed by atoms with Crippen molar-refractivity contribution in [2.75, 3.05) is 13.1 Å². The topological polar surface area (TPSA) is 59.2 Å². The quantitative estimate of drug-likeness (QED) is 0.846. The third kappa shape index (κ3) is 4.09. The number of amides is 1. The highest BCUT2D eigenvalue weighted by Gasteiger charge is 2.26. The van der Waals surface area contributed by atoms with E-state index < -0.39 is 0 Å². The van der Waals surface area contributed by atoms with Gasteiger partial charge < -0.3 is 9.42 Å². The van der Waals surface area contributed by atoms with Crippen LogP contribution in [0.5, 0.6) is 0 Å². The lowest BCUT2D eigenvalue weighted by atomic mass is 9.93. The molecule has 0 saturated carbocycles. The maximum absolute atomic E-state index is 12.8. The number of likely N-dealkylation sites (tertiary alicyclic amines) is 1. The lowest BCUT2D eigenvalue weighted by Gasteiger charge is -2.32. The van der Waals surface area contributed by atoms with Gasteiger partial charge in [-0.15, -0.1) is 0 Å². The van der Waals surface area contributed by atoms with E-state index in [1.807, 2.05) is 24.0 Å². The minimum atomic E-state index is 0.149. The highest BCUT2D eigenvalue weighted by Crippen LogP contribution is 2.24. The van der Waals surface area contributed by atoms with Crippen LogP contribution in [0, 0.1) is 19.8 Å². The number of piperidine rings is 1. The third-order valence-corrected chi connectivity index (χ3v) is 4.98. The molecule has 0 unspecified atom stereocenters. The molecule has 2 heterocycles. The lowest BCUT2D eigenvalue weighted by molar-refractivity contribution is 0.0686. The molecule has 2 aromatic rings. The second-order valence-electron chi connectivity index (χ2n) is 7.46. The molecule has 5 nitrogen and oxygen atoms in total. The van der Waals surface area contributed by atoms with E-state index in [0.717, 1.165) is 55.2 Å². The summed E-state index contributed by atoms with van der Waals surface area (Å²) in [7, 11) is 0. The Kier molecular flexibility index (Phi) is 5.21. The molecule has 0 spiro atoms. The number of hydrogen-bond donors (Lipinski definition) is 0. The zero-order valence-corrected chi connectivity index (χ0v) is 15.6. The Morgan fingerprint density at radius 2 is 2.00 bits per heavy atom. The van der Waals surface area contributed by atoms with Crippen LogP contribution < -0.4 is 0 Å². The van der Waals surface area contributed by atoms with Crippen LogP contribution in [0.1, 0.15) is 65.8 Å². The second kappa shape index (κ2) is 7.38. The summed E-state index contributed by atoms with van der Waals surface area (Å²) in [5, 5.41) is 4.03. The van der Waals surface area contributed by atoms with Crippen molar-refractivity contribution in [1.82, 2.24) is 15.0 Å². The van der Waals surface area contributed by atoms with Crippen molar-refractivity contribution in [1.29, 1.82) is 0 Å². The SMILES string of the molecule is Cc1ccc(C(=O)N2CCC(Cc3nc(C(C)C)no3)CC2)c(C)c1. The molecule has 0 aliphatic carbocycles. The molecule has 1 aromatic carbocycles. The van der Waals surface area contributed by atoms with Gasteiger partial charge in [-0.05, 0) is 44.2 Å². The Balaban J connectivity index is 1.56. The van der Waals surface area contributed by atoms with Gasteiger partial charge in [0, 0.05) is 31.0 Å². The molecule has 1 amide bonds. The summed E-state index contributed by atoms with van der Waals surface area (Å²) in [6.07, 6.45) is 2.78. The molecule has 0 bridgehead atoms. The number of carbonyl (C=O) groups excluding carboxylic acids is 1. The maximum atomic E-state index is 12.8. The fraction of sp³-hybridized carbons (Fsp3) is 0.550. The Labute approximate surface area is 149 Å². The van der Waals surface area contributed by atoms with E-state index in [0.29, 0.717) is 5.92 Å². The summed E-state index contributed by atoms with van der Waals surface area (Å²) in [6.45, 7) is 9.77. The minimum Gasteiger partial charge on any atom is -0.339 e. The van der Waals surface area contributed by atoms with E-state index >= 15 is 0 Å². The minimum absolute atomic E-state index is 0.149. The maximum Gasteiger partial charge on any atom is 0.254 e. The normalized spacial score (nSPS) is 15.8. The van der Waals surface area contributed by atoms with Crippen LogP contribution in [0.3, 0.4) is 0 Å². The number of hydrogen-bond acceptors (Lipinski definition) is 4. The first-order valence-electron chi connectivity index (χ1n) is 9.13. The van der Waals surface area contributed by atoms with Crippen molar-refractivity contribution in [3.8, 4) is 0 Å². The molecule has 3 rings (SSSR count). The Hall–Kier alpha value is -2.17. The highest BCUT2D eigenvalue weighted by atomic mass is 16.5. The van der Waals surface area contributed by atoms with Crippen LogP contribution in [0.2, 0.25) is 0 Å². The second-order valence-corrected chi connectivity index (χ2v) is 7.46. The highest BCUT2D eigenvalue weighted by molar-refractivity contribution is 5.95. The predicted octanol–water partition coefficient (Wildman–Crippen LogP) is 3.90. The number of rotatable bonds is 4. The summed E-state index contributed by atoms with van der Waals surface area (Å²) in [5.41, 5.74) is 3.06. The summed E-state index contributed by atoms with van der Waals surface area (Å²) in [6, 6.07) is 6.03. The van der Waals surface area contributed by atoms with E-state index in [9.17, 15) is 4.79 Å². The molecular formula is C20H27N3O2. The molecule has 1 fully saturated rings. The van der Waals surface area contributed by atoms with E-state index in [1.54, 1.807) is 0 Å². The number of nitrogens with zero attached hydrogens (tertiary/aromatic N) is 3. The Morgan fingerprint density at radius 3 is 2.60 bits per heavy atom. The van der Waals surface area contributed by atoms with Crippen LogP contribution in [0.15, 0.2) is 22.7 Å². The first kappa shape index (κ1) is 17.6. The van der Waals surface area contributed by atoms with Gasteiger partial charge in [0.25, 0.3) is 5.91 Å². The molecule has 1 aliphatic heterocycles. The first-order chi connectivity index (χ1) is 11.9. The fourth-order valence-electron chi connectivity index (χ4n) is 3.40. The van der Waals surface area contributed by atoms with Crippen LogP contribution >= 0.6 is 0 Å². The van der Waals surface area contributed by atoms with Gasteiger partial charge in [-0.3, -0.25) is 4.79 Å². The average Bonchev–Trinajstić information content (AvgIpc) is 3.04. The van der Waals surface area contributed by atoms with Gasteiger partial charge in [0.2, 0.25) is 5.89 Å². The van der Waals surface area contributed by atoms with Gasteiger partial charge in [-0.1, -0.05) is 36.7 Å². The fourth-order valence-corrected chi connectivity index (χ4v) is 3.40. The van der Waals surface area contributed by atoms with Gasteiger partial charge in [0.1, 0.15) is 0 Å². The monoisotopic (exact) mass is 341 g/mol. The first-order valence-corrected chi connectivity index (χ1v) is 9.13. The molecule has 1 saturated heterocycles. The molecule has 134 valence electrons. The number of carbonyl (C=O) groups is 1. The van der Waals surface area contributed by atoms with Gasteiger partial charge in [0.15, 0.2) is 5.82 Å². The molecular weight excluding hydrogens is 314 g/mol. The van der Waals surface area contributed by atoms with Crippen molar-refractivity contribution < 1.29 is 9.32 Å². The van der Waals surface area contributed by atoms with Crippen molar-refractivity contribution in [2.45, 2.75) is 52.9 Å². The predicted molar refractivity (Wildman–Crippen MR) is 96.6 cm³/mol. The van der Waals surface area contributed by atoms with Gasteiger partial charge >= 0.3 is 0 Å². The standard InChI is InChI=1S/C20H27N3O2/c1-13(2)19-21-18(25-22-19)12-16-7-9-23(10-8-16)20(24)17-6-5-14(3)11-15(17)4/h5-6,11,13,16H,7-10,12H2,1-4H3. The molecule has 1 aliphatic rings. The van der Waals surface area contributed by atoms with Crippen LogP contribution in [0.25, 0.3) is 0 Å². The molecule has 0 atom stereocenters. The average molecular weight is 341 g/mol. The van der Waals surface area contributed by atoms with Gasteiger partial charge in [-0.2, -0.15) is 4.98 Å². The summed E-state index contributed by atoms with van der Waals surface area (Å²) in [5.74, 6) is 2.44. The van der Waals surface area contributed by atoms with E-state index in [1.165, 1.54) is 5.56 Å². The lowest BCUT2D eigenvalue weighted by Crippen LogP contribution is -2.39. The summed E-state index contributed by atoms with van der Waals surface area (Å²) in [4.78, 5) is 19.2. The smallest absolute Gasteiger partial charge is 0.254 e. The van der Waals surface area contributed by atoms with Crippen molar-refractivity contribution in [3.63, 3.8) is 0 Å². The van der Waals surface area contributed by atoms with Crippen molar-refractivity contribution in [2.24, 2.45) is 5.92 Å². The summed E-state index contributed by atoms with van der Waals surface area (Å²) < 4.78 is 5.36. The van der Waals surface area contributed by atoms with Crippen LogP contribution in [-0.2, 0) is 6.42 Å². The van der Waals surface area contributed by atoms with Crippen LogP contribution in [0.4, 0.5) is 0 Å². The summed E-state index contributed by atoms with van der Waals surface area (Å²) >= 11 is 0. The third-order valence-electron chi connectivity index (χ3n) is 4.98. The Morgan fingerprint density at radius 1 is 1.28 bits per heavy atom. The van der Waals surface area contributed by atoms with Gasteiger partial charge in [-0.25, -0.2) is 0 Å². The number of aryl methyl sites for hydroxylation is 2. The number of aromatic nitrogens is 2. The molecule has 25 heavy (non-hydrogen) atoms. The molecule has 0 N–H and O–H groups in total. The zero-order valence-electron chi connectivity index (χ0n) is 15.6. The van der Waals surface area contributed by atoms with Crippen LogP contribution in [-0.4, -0.2) is 34.0 Å². The van der Waals surface area contributed by atoms with Crippen molar-refractivity contribution >= 4 is 5.91 Å². The zero-order chi connectivity index (χ0) is 18.0. The van der Waals surface area contributed by atoms with Crippen molar-refractivity contribution in [3.05, 3.63) is 46.6 Å². The van der Waals surface area contributed by atoms with E-state index in [-0.39, 0.29) is 11.8 Å². The van der Waals surface area contributed by atoms with Gasteiger partial charge in [0.05, 0.1) is 0 Å². The molecule has 0 radical (unpaired) electrons. The largest absolute Gasteiger partial charge is 0.339 e. The number of benzene rings is 1. The Bertz CT molecular complexity index is 743.